The van der Waals surface area contributed by atoms with E-state index in [2.05, 4.69) is 64.4 Å². The van der Waals surface area contributed by atoms with Crippen LogP contribution < -0.4 is 5.30 Å². The summed E-state index contributed by atoms with van der Waals surface area (Å²) in [6, 6.07) is 17.4. The zero-order valence-electron chi connectivity index (χ0n) is 8.70. The first-order chi connectivity index (χ1) is 7.29. The Bertz CT molecular complexity index is 429. The van der Waals surface area contributed by atoms with Crippen LogP contribution in [0.5, 0.6) is 0 Å². The van der Waals surface area contributed by atoms with Crippen molar-refractivity contribution >= 4 is 22.5 Å². The van der Waals surface area contributed by atoms with E-state index in [-0.39, 0.29) is 0 Å². The monoisotopic (exact) mass is 232 g/mol. The van der Waals surface area contributed by atoms with Crippen LogP contribution in [0.25, 0.3) is 11.1 Å². The summed E-state index contributed by atoms with van der Waals surface area (Å²) in [7, 11) is 3.57. The highest BCUT2D eigenvalue weighted by Crippen LogP contribution is 2.23. The number of rotatable bonds is 2. The van der Waals surface area contributed by atoms with Crippen LogP contribution in [-0.2, 0) is 0 Å². The summed E-state index contributed by atoms with van der Waals surface area (Å²) in [4.78, 5) is 0. The zero-order chi connectivity index (χ0) is 10.7. The van der Waals surface area contributed by atoms with Gasteiger partial charge in [-0.05, 0) is 23.4 Å². The molecular formula is C13H14P2. The summed E-state index contributed by atoms with van der Waals surface area (Å²) < 4.78 is 0. The van der Waals surface area contributed by atoms with Crippen LogP contribution in [0.3, 0.4) is 0 Å². The lowest BCUT2D eigenvalue weighted by atomic mass is 10.0. The fourth-order valence-corrected chi connectivity index (χ4v) is 2.44. The lowest BCUT2D eigenvalue weighted by Gasteiger charge is -2.03. The second-order valence-electron chi connectivity index (χ2n) is 3.59. The van der Waals surface area contributed by atoms with Crippen molar-refractivity contribution in [3.05, 3.63) is 54.1 Å². The van der Waals surface area contributed by atoms with Crippen molar-refractivity contribution < 1.29 is 0 Å². The first-order valence-corrected chi connectivity index (χ1v) is 7.74. The average molecular weight is 232 g/mol. The summed E-state index contributed by atoms with van der Waals surface area (Å²) in [5.41, 5.74) is 3.89. The molecule has 0 aliphatic heterocycles. The molecule has 2 aromatic rings. The Kier molecular flexibility index (Phi) is 3.52. The van der Waals surface area contributed by atoms with Gasteiger partial charge in [0.25, 0.3) is 0 Å². The predicted octanol–water partition coefficient (Wildman–Crippen LogP) is 3.76. The highest BCUT2D eigenvalue weighted by molar-refractivity contribution is 8.06. The van der Waals surface area contributed by atoms with Crippen molar-refractivity contribution in [1.29, 1.82) is 0 Å². The van der Waals surface area contributed by atoms with Crippen LogP contribution >= 0.6 is 17.2 Å². The molecule has 0 saturated carbocycles. The van der Waals surface area contributed by atoms with E-state index in [1.165, 1.54) is 22.0 Å². The third-order valence-electron chi connectivity index (χ3n) is 2.44. The Morgan fingerprint density at radius 2 is 1.27 bits per heavy atom. The van der Waals surface area contributed by atoms with Crippen LogP contribution in [0.4, 0.5) is 0 Å². The smallest absolute Gasteiger partial charge is 0.0184 e. The molecule has 0 aromatic heterocycles. The first-order valence-electron chi connectivity index (χ1n) is 4.93. The third-order valence-corrected chi connectivity index (χ3v) is 4.10. The van der Waals surface area contributed by atoms with Crippen molar-refractivity contribution in [2.24, 2.45) is 0 Å². The molecule has 15 heavy (non-hydrogen) atoms. The summed E-state index contributed by atoms with van der Waals surface area (Å²) >= 11 is 0. The summed E-state index contributed by atoms with van der Waals surface area (Å²) in [6.45, 7) is 2.11. The molecule has 0 N–H and O–H groups in total. The molecule has 0 heterocycles. The van der Waals surface area contributed by atoms with Gasteiger partial charge in [-0.25, -0.2) is 0 Å². The Morgan fingerprint density at radius 3 is 1.73 bits per heavy atom. The highest BCUT2D eigenvalue weighted by atomic mass is 32.0. The number of hydrogen-bond acceptors (Lipinski definition) is 0. The van der Waals surface area contributed by atoms with Crippen LogP contribution in [0.15, 0.2) is 48.5 Å². The van der Waals surface area contributed by atoms with Crippen molar-refractivity contribution in [3.8, 4) is 11.1 Å². The van der Waals surface area contributed by atoms with Crippen LogP contribution in [0, 0.1) is 6.92 Å². The van der Waals surface area contributed by atoms with Crippen molar-refractivity contribution in [1.82, 2.24) is 0 Å². The lowest BCUT2D eigenvalue weighted by Crippen LogP contribution is -1.89. The summed E-state index contributed by atoms with van der Waals surface area (Å²) in [6.07, 6.45) is 0. The van der Waals surface area contributed by atoms with Gasteiger partial charge in [-0.15, -0.1) is 8.93 Å². The third kappa shape index (κ3) is 2.65. The Labute approximate surface area is 95.0 Å². The normalized spacial score (nSPS) is 11.1. The maximum Gasteiger partial charge on any atom is -0.0184 e. The molecule has 2 unspecified atom stereocenters. The quantitative estimate of drug-likeness (QED) is 0.691. The fourth-order valence-electron chi connectivity index (χ4n) is 1.50. The molecule has 2 aromatic carbocycles. The van der Waals surface area contributed by atoms with Crippen LogP contribution in [0.2, 0.25) is 0 Å². The standard InChI is InChI=1S/C13H14P2/c1-10-2-4-11(5-3-10)12-6-8-13(15-14)9-7-12/h2-9,15H,14H2,1H3. The maximum atomic E-state index is 2.77. The van der Waals surface area contributed by atoms with Crippen LogP contribution in [-0.4, -0.2) is 0 Å². The molecule has 0 saturated heterocycles. The molecule has 0 aliphatic carbocycles. The van der Waals surface area contributed by atoms with Crippen LogP contribution in [0.1, 0.15) is 5.56 Å². The summed E-state index contributed by atoms with van der Waals surface area (Å²) in [5, 5.41) is 1.39. The minimum absolute atomic E-state index is 0.799. The van der Waals surface area contributed by atoms with Gasteiger partial charge in [-0.2, -0.15) is 0 Å². The predicted molar refractivity (Wildman–Crippen MR) is 74.3 cm³/mol. The molecule has 76 valence electrons. The van der Waals surface area contributed by atoms with Gasteiger partial charge in [-0.1, -0.05) is 62.4 Å². The minimum atomic E-state index is 0.799. The van der Waals surface area contributed by atoms with E-state index in [0.29, 0.717) is 0 Å². The van der Waals surface area contributed by atoms with Gasteiger partial charge in [0, 0.05) is 0 Å². The number of hydrogen-bond donors (Lipinski definition) is 0. The second kappa shape index (κ2) is 4.88. The molecule has 0 radical (unpaired) electrons. The van der Waals surface area contributed by atoms with E-state index < -0.39 is 0 Å². The van der Waals surface area contributed by atoms with E-state index in [1.807, 2.05) is 0 Å². The molecule has 0 aliphatic rings. The Hall–Kier alpha value is -0.700. The van der Waals surface area contributed by atoms with Gasteiger partial charge in [0.05, 0.1) is 0 Å². The van der Waals surface area contributed by atoms with E-state index in [1.54, 1.807) is 0 Å². The van der Waals surface area contributed by atoms with Gasteiger partial charge in [0.1, 0.15) is 0 Å². The molecule has 2 rings (SSSR count). The first kappa shape index (κ1) is 10.8. The van der Waals surface area contributed by atoms with Gasteiger partial charge < -0.3 is 0 Å². The largest absolute Gasteiger partial charge is 0.110 e. The fraction of sp³-hybridized carbons (Fsp3) is 0.0769. The lowest BCUT2D eigenvalue weighted by molar-refractivity contribution is 1.47. The zero-order valence-corrected chi connectivity index (χ0v) is 10.9. The van der Waals surface area contributed by atoms with Crippen molar-refractivity contribution in [2.75, 3.05) is 0 Å². The maximum absolute atomic E-state index is 2.77. The molecule has 0 fully saturated rings. The van der Waals surface area contributed by atoms with Gasteiger partial charge in [-0.3, -0.25) is 0 Å². The van der Waals surface area contributed by atoms with E-state index in [4.69, 9.17) is 0 Å². The van der Waals surface area contributed by atoms with Crippen molar-refractivity contribution in [3.63, 3.8) is 0 Å². The van der Waals surface area contributed by atoms with E-state index >= 15 is 0 Å². The second-order valence-corrected chi connectivity index (χ2v) is 5.32. The van der Waals surface area contributed by atoms with Gasteiger partial charge in [0.2, 0.25) is 0 Å². The molecule has 0 nitrogen and oxygen atoms in total. The van der Waals surface area contributed by atoms with E-state index in [9.17, 15) is 0 Å². The Morgan fingerprint density at radius 1 is 0.800 bits per heavy atom. The molecule has 2 atom stereocenters. The van der Waals surface area contributed by atoms with Gasteiger partial charge >= 0.3 is 0 Å². The van der Waals surface area contributed by atoms with Gasteiger partial charge in [0.15, 0.2) is 0 Å². The SMILES string of the molecule is Cc1ccc(-c2ccc(PP)cc2)cc1. The minimum Gasteiger partial charge on any atom is -0.110 e. The van der Waals surface area contributed by atoms with Crippen molar-refractivity contribution in [2.45, 2.75) is 6.92 Å². The highest BCUT2D eigenvalue weighted by Gasteiger charge is 1.96. The number of aryl methyl sites for hydroxylation is 1. The molecular weight excluding hydrogens is 218 g/mol. The van der Waals surface area contributed by atoms with E-state index in [0.717, 1.165) is 8.27 Å². The number of benzene rings is 2. The Balaban J connectivity index is 2.33. The topological polar surface area (TPSA) is 0 Å². The molecule has 0 spiro atoms. The molecule has 0 amide bonds. The molecule has 0 bridgehead atoms. The molecule has 2 heteroatoms. The average Bonchev–Trinajstić information content (AvgIpc) is 2.30. The summed E-state index contributed by atoms with van der Waals surface area (Å²) in [5.74, 6) is 0.